The number of piperazine rings is 1. The molecule has 0 saturated carbocycles. The maximum Gasteiger partial charge on any atom is 0.324 e. The molecule has 0 aliphatic carbocycles. The fraction of sp³-hybridized carbons (Fsp3) is 0.467. The minimum absolute atomic E-state index is 0.0475. The highest BCUT2D eigenvalue weighted by Gasteiger charge is 2.30. The SMILES string of the molecule is CN1CCN(C(=O)NC(=O)CCCl)C(c2ccccc2)C1. The lowest BCUT2D eigenvalue weighted by molar-refractivity contribution is -0.119. The smallest absolute Gasteiger partial charge is 0.315 e. The number of alkyl halides is 1. The first-order chi connectivity index (χ1) is 10.1. The molecule has 21 heavy (non-hydrogen) atoms. The molecule has 2 rings (SSSR count). The van der Waals surface area contributed by atoms with Crippen molar-refractivity contribution in [1.29, 1.82) is 0 Å². The van der Waals surface area contributed by atoms with Crippen LogP contribution in [0, 0.1) is 0 Å². The molecule has 3 amide bonds. The minimum Gasteiger partial charge on any atom is -0.315 e. The van der Waals surface area contributed by atoms with Crippen molar-refractivity contribution >= 4 is 23.5 Å². The molecule has 1 aliphatic heterocycles. The van der Waals surface area contributed by atoms with Crippen LogP contribution in [0.25, 0.3) is 0 Å². The van der Waals surface area contributed by atoms with Gasteiger partial charge in [0.2, 0.25) is 5.91 Å². The summed E-state index contributed by atoms with van der Waals surface area (Å²) in [6.45, 7) is 2.14. The molecule has 1 unspecified atom stereocenters. The molecule has 1 atom stereocenters. The van der Waals surface area contributed by atoms with Crippen molar-refractivity contribution in [3.8, 4) is 0 Å². The Morgan fingerprint density at radius 1 is 1.29 bits per heavy atom. The number of urea groups is 1. The van der Waals surface area contributed by atoms with E-state index in [9.17, 15) is 9.59 Å². The normalized spacial score (nSPS) is 19.3. The van der Waals surface area contributed by atoms with E-state index in [0.29, 0.717) is 6.54 Å². The van der Waals surface area contributed by atoms with E-state index in [-0.39, 0.29) is 30.3 Å². The largest absolute Gasteiger partial charge is 0.324 e. The Hall–Kier alpha value is -1.59. The van der Waals surface area contributed by atoms with Crippen LogP contribution in [0.5, 0.6) is 0 Å². The van der Waals surface area contributed by atoms with E-state index in [1.807, 2.05) is 37.4 Å². The first-order valence-electron chi connectivity index (χ1n) is 7.01. The van der Waals surface area contributed by atoms with E-state index < -0.39 is 0 Å². The van der Waals surface area contributed by atoms with Gasteiger partial charge in [0, 0.05) is 31.9 Å². The molecule has 6 heteroatoms. The van der Waals surface area contributed by atoms with Crippen LogP contribution in [0.2, 0.25) is 0 Å². The first-order valence-corrected chi connectivity index (χ1v) is 7.55. The van der Waals surface area contributed by atoms with E-state index >= 15 is 0 Å². The van der Waals surface area contributed by atoms with Gasteiger partial charge in [0.05, 0.1) is 6.04 Å². The number of nitrogens with one attached hydrogen (secondary N) is 1. The van der Waals surface area contributed by atoms with Gasteiger partial charge in [0.15, 0.2) is 0 Å². The van der Waals surface area contributed by atoms with Crippen molar-refractivity contribution < 1.29 is 9.59 Å². The molecule has 1 aliphatic rings. The van der Waals surface area contributed by atoms with Crippen LogP contribution in [0.3, 0.4) is 0 Å². The predicted octanol–water partition coefficient (Wildman–Crippen LogP) is 1.84. The summed E-state index contributed by atoms with van der Waals surface area (Å²) in [7, 11) is 2.03. The van der Waals surface area contributed by atoms with E-state index in [4.69, 9.17) is 11.6 Å². The Bertz CT molecular complexity index is 495. The van der Waals surface area contributed by atoms with Crippen LogP contribution < -0.4 is 5.32 Å². The van der Waals surface area contributed by atoms with Crippen LogP contribution in [0.4, 0.5) is 4.79 Å². The summed E-state index contributed by atoms with van der Waals surface area (Å²) in [4.78, 5) is 27.8. The van der Waals surface area contributed by atoms with E-state index in [2.05, 4.69) is 10.2 Å². The lowest BCUT2D eigenvalue weighted by atomic mass is 10.0. The molecule has 5 nitrogen and oxygen atoms in total. The van der Waals surface area contributed by atoms with Crippen molar-refractivity contribution in [2.75, 3.05) is 32.6 Å². The molecular weight excluding hydrogens is 290 g/mol. The summed E-state index contributed by atoms with van der Waals surface area (Å²) < 4.78 is 0. The quantitative estimate of drug-likeness (QED) is 0.867. The molecule has 114 valence electrons. The summed E-state index contributed by atoms with van der Waals surface area (Å²) in [5.74, 6) is -0.120. The molecule has 1 N–H and O–H groups in total. The van der Waals surface area contributed by atoms with Gasteiger partial charge in [-0.25, -0.2) is 4.79 Å². The molecular formula is C15H20ClN3O2. The zero-order chi connectivity index (χ0) is 15.2. The van der Waals surface area contributed by atoms with Crippen LogP contribution in [-0.2, 0) is 4.79 Å². The molecule has 1 heterocycles. The van der Waals surface area contributed by atoms with Gasteiger partial charge in [-0.05, 0) is 12.6 Å². The molecule has 1 aromatic carbocycles. The lowest BCUT2D eigenvalue weighted by Gasteiger charge is -2.40. The first kappa shape index (κ1) is 15.8. The molecule has 1 saturated heterocycles. The van der Waals surface area contributed by atoms with Gasteiger partial charge in [-0.3, -0.25) is 10.1 Å². The highest BCUT2D eigenvalue weighted by molar-refractivity contribution is 6.19. The topological polar surface area (TPSA) is 52.6 Å². The number of nitrogens with zero attached hydrogens (tertiary/aromatic N) is 2. The molecule has 0 bridgehead atoms. The monoisotopic (exact) mass is 309 g/mol. The Morgan fingerprint density at radius 3 is 2.67 bits per heavy atom. The highest BCUT2D eigenvalue weighted by atomic mass is 35.5. The van der Waals surface area contributed by atoms with Gasteiger partial charge < -0.3 is 9.80 Å². The molecule has 0 spiro atoms. The van der Waals surface area contributed by atoms with Crippen molar-refractivity contribution in [2.45, 2.75) is 12.5 Å². The third-order valence-electron chi connectivity index (χ3n) is 3.60. The molecule has 0 aromatic heterocycles. The minimum atomic E-state index is -0.341. The summed E-state index contributed by atoms with van der Waals surface area (Å²) in [5.41, 5.74) is 1.07. The highest BCUT2D eigenvalue weighted by Crippen LogP contribution is 2.24. The average Bonchev–Trinajstić information content (AvgIpc) is 2.48. The van der Waals surface area contributed by atoms with Crippen molar-refractivity contribution in [3.05, 3.63) is 35.9 Å². The second-order valence-electron chi connectivity index (χ2n) is 5.17. The number of carbonyl (C=O) groups excluding carboxylic acids is 2. The Morgan fingerprint density at radius 2 is 2.00 bits per heavy atom. The number of amides is 3. The summed E-state index contributed by atoms with van der Waals surface area (Å²) in [6.07, 6.45) is 0.150. The maximum absolute atomic E-state index is 12.3. The van der Waals surface area contributed by atoms with Gasteiger partial charge in [-0.2, -0.15) is 0 Å². The number of benzene rings is 1. The van der Waals surface area contributed by atoms with Gasteiger partial charge in [0.1, 0.15) is 0 Å². The standard InChI is InChI=1S/C15H20ClN3O2/c1-18-9-10-19(15(21)17-14(20)7-8-16)13(11-18)12-5-3-2-4-6-12/h2-6,13H,7-11H2,1H3,(H,17,20,21). The van der Waals surface area contributed by atoms with Crippen LogP contribution in [-0.4, -0.2) is 54.3 Å². The molecule has 1 aromatic rings. The number of hydrogen-bond acceptors (Lipinski definition) is 3. The molecule has 0 radical (unpaired) electrons. The Labute approximate surface area is 129 Å². The number of hydrogen-bond donors (Lipinski definition) is 1. The second-order valence-corrected chi connectivity index (χ2v) is 5.55. The van der Waals surface area contributed by atoms with Crippen LogP contribution in [0.1, 0.15) is 18.0 Å². The van der Waals surface area contributed by atoms with Crippen molar-refractivity contribution in [1.82, 2.24) is 15.1 Å². The Kier molecular flexibility index (Phi) is 5.59. The van der Waals surface area contributed by atoms with Gasteiger partial charge >= 0.3 is 6.03 Å². The van der Waals surface area contributed by atoms with Crippen LogP contribution >= 0.6 is 11.6 Å². The zero-order valence-electron chi connectivity index (χ0n) is 12.1. The zero-order valence-corrected chi connectivity index (χ0v) is 12.8. The predicted molar refractivity (Wildman–Crippen MR) is 82.3 cm³/mol. The molecule has 1 fully saturated rings. The second kappa shape index (κ2) is 7.43. The van der Waals surface area contributed by atoms with Crippen molar-refractivity contribution in [2.24, 2.45) is 0 Å². The van der Waals surface area contributed by atoms with Crippen molar-refractivity contribution in [3.63, 3.8) is 0 Å². The third-order valence-corrected chi connectivity index (χ3v) is 3.79. The summed E-state index contributed by atoms with van der Waals surface area (Å²) in [6, 6.07) is 9.48. The third kappa shape index (κ3) is 4.19. The number of carbonyl (C=O) groups is 2. The van der Waals surface area contributed by atoms with Gasteiger partial charge in [0.25, 0.3) is 0 Å². The lowest BCUT2D eigenvalue weighted by Crippen LogP contribution is -2.53. The fourth-order valence-corrected chi connectivity index (χ4v) is 2.63. The summed E-state index contributed by atoms with van der Waals surface area (Å²) in [5, 5.41) is 2.41. The average molecular weight is 310 g/mol. The number of imide groups is 1. The number of rotatable bonds is 3. The summed E-state index contributed by atoms with van der Waals surface area (Å²) >= 11 is 5.52. The van der Waals surface area contributed by atoms with Gasteiger partial charge in [-0.1, -0.05) is 30.3 Å². The fourth-order valence-electron chi connectivity index (χ4n) is 2.46. The van der Waals surface area contributed by atoms with E-state index in [0.717, 1.165) is 18.7 Å². The van der Waals surface area contributed by atoms with Gasteiger partial charge in [-0.15, -0.1) is 11.6 Å². The number of likely N-dealkylation sites (N-methyl/N-ethyl adjacent to an activating group) is 1. The van der Waals surface area contributed by atoms with E-state index in [1.165, 1.54) is 0 Å². The van der Waals surface area contributed by atoms with Crippen LogP contribution in [0.15, 0.2) is 30.3 Å². The Balaban J connectivity index is 2.11. The van der Waals surface area contributed by atoms with E-state index in [1.54, 1.807) is 4.90 Å². The number of halogens is 1. The maximum atomic E-state index is 12.3.